The van der Waals surface area contributed by atoms with Crippen LogP contribution in [-0.4, -0.2) is 256 Å². The number of aliphatic carboxylic acids is 1. The fourth-order valence-corrected chi connectivity index (χ4v) is 17.3. The molecule has 4 saturated heterocycles. The first-order valence-corrected chi connectivity index (χ1v) is 30.0. The number of ether oxygens (including phenoxy) is 9. The molecule has 15 N–H and O–H groups in total. The second kappa shape index (κ2) is 24.6. The minimum atomic E-state index is -2.30. The van der Waals surface area contributed by atoms with Crippen LogP contribution >= 0.6 is 0 Å². The summed E-state index contributed by atoms with van der Waals surface area (Å²) in [6.45, 7) is 15.5. The Kier molecular flexibility index (Phi) is 19.4. The molecule has 9 aliphatic rings. The van der Waals surface area contributed by atoms with Gasteiger partial charge in [0.15, 0.2) is 31.3 Å². The number of allylic oxidation sites excluding steroid dienone is 3. The molecule has 0 aromatic rings. The molecular weight excluding hydrogens is 1120 g/mol. The molecule has 26 nitrogen and oxygen atoms in total. The van der Waals surface area contributed by atoms with E-state index in [-0.39, 0.29) is 29.8 Å². The maximum absolute atomic E-state index is 13.4. The number of carbonyl (C=O) groups is 2. The number of carbonyl (C=O) groups excluding carboxylic acids is 1. The van der Waals surface area contributed by atoms with E-state index < -0.39 is 200 Å². The van der Waals surface area contributed by atoms with Crippen molar-refractivity contribution in [3.63, 3.8) is 0 Å². The van der Waals surface area contributed by atoms with Crippen LogP contribution in [-0.2, 0) is 52.2 Å². The lowest BCUT2D eigenvalue weighted by atomic mass is 9.33. The van der Waals surface area contributed by atoms with Crippen molar-refractivity contribution in [1.29, 1.82) is 0 Å². The van der Waals surface area contributed by atoms with Crippen molar-refractivity contribution in [2.45, 2.75) is 255 Å². The Morgan fingerprint density at radius 1 is 0.588 bits per heavy atom. The highest BCUT2D eigenvalue weighted by atomic mass is 16.8. The molecule has 26 heteroatoms. The van der Waals surface area contributed by atoms with Gasteiger partial charge >= 0.3 is 11.9 Å². The topological polar surface area (TPSA) is 421 Å². The number of aliphatic hydroxyl groups excluding tert-OH is 14. The molecule has 0 aromatic carbocycles. The van der Waals surface area contributed by atoms with E-state index in [9.17, 15) is 86.2 Å². The van der Waals surface area contributed by atoms with Crippen LogP contribution in [0.15, 0.2) is 23.3 Å². The van der Waals surface area contributed by atoms with Gasteiger partial charge in [0.05, 0.1) is 44.1 Å². The van der Waals surface area contributed by atoms with Gasteiger partial charge in [0.2, 0.25) is 0 Å². The lowest BCUT2D eigenvalue weighted by Gasteiger charge is -2.72. The summed E-state index contributed by atoms with van der Waals surface area (Å²) in [5.41, 5.74) is -2.03. The van der Waals surface area contributed by atoms with Crippen molar-refractivity contribution in [3.8, 4) is 0 Å². The van der Waals surface area contributed by atoms with Crippen molar-refractivity contribution >= 4 is 11.9 Å². The molecule has 0 spiro atoms. The Hall–Kier alpha value is -2.46. The normalized spacial score (nSPS) is 51.5. The molecule has 4 saturated carbocycles. The summed E-state index contributed by atoms with van der Waals surface area (Å²) >= 11 is 0. The van der Waals surface area contributed by atoms with Gasteiger partial charge in [0, 0.05) is 5.57 Å². The number of fused-ring (bicyclic) bond motifs is 7. The van der Waals surface area contributed by atoms with Gasteiger partial charge < -0.3 is 119 Å². The van der Waals surface area contributed by atoms with Gasteiger partial charge in [-0.2, -0.15) is 0 Å². The van der Waals surface area contributed by atoms with Gasteiger partial charge in [0.25, 0.3) is 0 Å². The Morgan fingerprint density at radius 3 is 1.66 bits per heavy atom. The maximum atomic E-state index is 13.4. The molecule has 0 radical (unpaired) electrons. The summed E-state index contributed by atoms with van der Waals surface area (Å²) in [6, 6.07) is 0. The summed E-state index contributed by atoms with van der Waals surface area (Å²) in [4.78, 5) is 26.7. The standard InChI is InChI=1S/C59H94O26/c1-10-24(2)49(76)80-34-19-54(3,4)17-26-25-11-12-31-56(7)15-14-33(55(5,6)30(56)13-16-57(31,8)58(25,9)18-32(64)59(26,34)23-63)81-53-47(85-51-42(72)39(69)36(66)28(21-61)78-51)44(43(73)45(83-53)48(74)75)82-52-46(40(70)37(67)29(22-62)79-52)84-50-41(71)38(68)35(65)27(20-60)77-50/h10-11,26-47,50-53,60-73H,12-23H2,1-9H3,(H,74,75)/b24-10-. The highest BCUT2D eigenvalue weighted by Crippen LogP contribution is 2.76. The third kappa shape index (κ3) is 11.1. The molecule has 8 fully saturated rings. The SMILES string of the molecule is C/C=C(/C)C(=O)OC1CC(C)(C)CC2C3=CCC4C5(C)CCC(OC6OC(C(=O)O)C(O)C(OC7OC(CO)C(O)C(O)C7OC7OC(CO)C(O)C(O)C7O)C6OC6OC(CO)C(O)C(O)C6O)C(C)(C)C5CCC4(C)C3(C)CC(O)C12CO. The van der Waals surface area contributed by atoms with Crippen LogP contribution in [0, 0.1) is 50.2 Å². The average molecular weight is 1220 g/mol. The van der Waals surface area contributed by atoms with Gasteiger partial charge in [-0.05, 0) is 110 Å². The van der Waals surface area contributed by atoms with Crippen LogP contribution in [0.25, 0.3) is 0 Å². The Balaban J connectivity index is 1.05. The molecule has 0 amide bonds. The zero-order valence-corrected chi connectivity index (χ0v) is 49.9. The summed E-state index contributed by atoms with van der Waals surface area (Å²) in [7, 11) is 0. The number of rotatable bonds is 15. The predicted octanol–water partition coefficient (Wildman–Crippen LogP) is -2.01. The number of esters is 1. The molecule has 9 rings (SSSR count). The van der Waals surface area contributed by atoms with Crippen LogP contribution in [0.3, 0.4) is 0 Å². The minimum absolute atomic E-state index is 0.0342. The van der Waals surface area contributed by atoms with Crippen molar-refractivity contribution in [2.24, 2.45) is 50.2 Å². The largest absolute Gasteiger partial charge is 0.479 e. The molecular formula is C59H94O26. The quantitative estimate of drug-likeness (QED) is 0.0365. The lowest BCUT2D eigenvalue weighted by Crippen LogP contribution is -2.70. The van der Waals surface area contributed by atoms with Gasteiger partial charge in [-0.25, -0.2) is 9.59 Å². The van der Waals surface area contributed by atoms with E-state index >= 15 is 0 Å². The fourth-order valence-electron chi connectivity index (χ4n) is 17.3. The molecule has 85 heavy (non-hydrogen) atoms. The lowest BCUT2D eigenvalue weighted by molar-refractivity contribution is -0.407. The highest BCUT2D eigenvalue weighted by molar-refractivity contribution is 5.87. The smallest absolute Gasteiger partial charge is 0.335 e. The van der Waals surface area contributed by atoms with E-state index in [1.807, 2.05) is 13.8 Å². The Labute approximate surface area is 494 Å². The first kappa shape index (κ1) is 66.9. The number of hydrogen-bond donors (Lipinski definition) is 15. The molecule has 4 heterocycles. The number of carboxylic acid groups (broad SMARTS) is 1. The summed E-state index contributed by atoms with van der Waals surface area (Å²) in [5, 5.41) is 165. The first-order chi connectivity index (χ1) is 39.8. The third-order valence-electron chi connectivity index (χ3n) is 22.5. The van der Waals surface area contributed by atoms with Crippen molar-refractivity contribution in [2.75, 3.05) is 26.4 Å². The van der Waals surface area contributed by atoms with E-state index in [2.05, 4.69) is 40.7 Å². The van der Waals surface area contributed by atoms with Crippen LogP contribution in [0.5, 0.6) is 0 Å². The average Bonchev–Trinajstić information content (AvgIpc) is 0.680. The van der Waals surface area contributed by atoms with Crippen LogP contribution in [0.1, 0.15) is 114 Å². The van der Waals surface area contributed by atoms with E-state index in [0.29, 0.717) is 56.9 Å². The van der Waals surface area contributed by atoms with Gasteiger partial charge in [0.1, 0.15) is 97.7 Å². The fraction of sp³-hybridized carbons (Fsp3) is 0.898. The monoisotopic (exact) mass is 1220 g/mol. The molecule has 0 aromatic heterocycles. The molecule has 5 aliphatic carbocycles. The summed E-state index contributed by atoms with van der Waals surface area (Å²) < 4.78 is 55.2. The summed E-state index contributed by atoms with van der Waals surface area (Å²) in [5.74, 6) is -2.60. The highest BCUT2D eigenvalue weighted by Gasteiger charge is 2.72. The van der Waals surface area contributed by atoms with Gasteiger partial charge in [-0.1, -0.05) is 66.2 Å². The third-order valence-corrected chi connectivity index (χ3v) is 22.5. The number of aliphatic hydroxyl groups is 14. The van der Waals surface area contributed by atoms with Crippen LogP contribution < -0.4 is 0 Å². The van der Waals surface area contributed by atoms with Crippen molar-refractivity contribution in [1.82, 2.24) is 0 Å². The predicted molar refractivity (Wildman–Crippen MR) is 289 cm³/mol. The zero-order chi connectivity index (χ0) is 62.6. The molecule has 4 aliphatic heterocycles. The van der Waals surface area contributed by atoms with Crippen LogP contribution in [0.2, 0.25) is 0 Å². The maximum Gasteiger partial charge on any atom is 0.335 e. The van der Waals surface area contributed by atoms with E-state index in [0.717, 1.165) is 5.57 Å². The molecule has 0 bridgehead atoms. The van der Waals surface area contributed by atoms with Gasteiger partial charge in [-0.15, -0.1) is 0 Å². The number of hydrogen-bond acceptors (Lipinski definition) is 25. The van der Waals surface area contributed by atoms with Crippen molar-refractivity contribution < 1.29 is 129 Å². The Bertz CT molecular complexity index is 2440. The van der Waals surface area contributed by atoms with E-state index in [1.54, 1.807) is 19.9 Å². The van der Waals surface area contributed by atoms with Gasteiger partial charge in [-0.3, -0.25) is 0 Å². The van der Waals surface area contributed by atoms with Crippen molar-refractivity contribution in [3.05, 3.63) is 23.3 Å². The second-order valence-corrected chi connectivity index (χ2v) is 27.9. The number of carboxylic acids is 1. The first-order valence-electron chi connectivity index (χ1n) is 30.0. The second-order valence-electron chi connectivity index (χ2n) is 27.9. The van der Waals surface area contributed by atoms with Crippen LogP contribution in [0.4, 0.5) is 0 Å². The molecule has 486 valence electrons. The molecule has 30 atom stereocenters. The minimum Gasteiger partial charge on any atom is -0.479 e. The Morgan fingerprint density at radius 2 is 1.12 bits per heavy atom. The summed E-state index contributed by atoms with van der Waals surface area (Å²) in [6.07, 6.45) is -33.6. The molecule has 30 unspecified atom stereocenters. The zero-order valence-electron chi connectivity index (χ0n) is 49.9. The van der Waals surface area contributed by atoms with E-state index in [1.165, 1.54) is 0 Å². The van der Waals surface area contributed by atoms with E-state index in [4.69, 9.17) is 42.6 Å².